The number of benzene rings is 2. The topological polar surface area (TPSA) is 76.4 Å². The van der Waals surface area contributed by atoms with Crippen molar-refractivity contribution in [3.05, 3.63) is 58.1 Å². The molecule has 0 radical (unpaired) electrons. The van der Waals surface area contributed by atoms with E-state index < -0.39 is 4.92 Å². The Balaban J connectivity index is 2.00. The predicted octanol–water partition coefficient (Wildman–Crippen LogP) is 4.11. The van der Waals surface area contributed by atoms with Crippen molar-refractivity contribution in [2.24, 2.45) is 0 Å². The molecule has 6 nitrogen and oxygen atoms in total. The van der Waals surface area contributed by atoms with Crippen LogP contribution in [0.3, 0.4) is 0 Å². The Bertz CT molecular complexity index is 717. The third-order valence-electron chi connectivity index (χ3n) is 3.09. The summed E-state index contributed by atoms with van der Waals surface area (Å²) in [7, 11) is 0. The van der Waals surface area contributed by atoms with Gasteiger partial charge in [-0.05, 0) is 62.0 Å². The molecule has 0 aliphatic carbocycles. The van der Waals surface area contributed by atoms with Gasteiger partial charge in [-0.1, -0.05) is 0 Å². The van der Waals surface area contributed by atoms with Crippen molar-refractivity contribution < 1.29 is 9.66 Å². The number of nitrogens with zero attached hydrogens (tertiary/aromatic N) is 1. The molecule has 0 aliphatic heterocycles. The zero-order chi connectivity index (χ0) is 16.8. The van der Waals surface area contributed by atoms with Crippen molar-refractivity contribution in [3.63, 3.8) is 0 Å². The van der Waals surface area contributed by atoms with Crippen LogP contribution < -0.4 is 15.4 Å². The van der Waals surface area contributed by atoms with Crippen LogP contribution in [0, 0.1) is 17.0 Å². The molecular formula is C16H17N3O3S. The number of hydrogen-bond acceptors (Lipinski definition) is 4. The van der Waals surface area contributed by atoms with Gasteiger partial charge in [0.15, 0.2) is 5.11 Å². The number of rotatable bonds is 5. The van der Waals surface area contributed by atoms with Gasteiger partial charge < -0.3 is 15.4 Å². The Kier molecular flexibility index (Phi) is 5.48. The largest absolute Gasteiger partial charge is 0.494 e. The molecule has 0 saturated heterocycles. The van der Waals surface area contributed by atoms with Crippen LogP contribution in [-0.4, -0.2) is 16.6 Å². The fourth-order valence-corrected chi connectivity index (χ4v) is 2.22. The van der Waals surface area contributed by atoms with Gasteiger partial charge in [-0.2, -0.15) is 0 Å². The Morgan fingerprint density at radius 2 is 1.91 bits per heavy atom. The minimum atomic E-state index is -0.423. The standard InChI is InChI=1S/C16H17N3O3S/c1-3-22-14-7-4-12(5-8-14)17-16(23)18-15-9-6-13(19(20)21)10-11(15)2/h4-10H,3H2,1-2H3,(H2,17,18,23). The van der Waals surface area contributed by atoms with Crippen molar-refractivity contribution in [2.45, 2.75) is 13.8 Å². The van der Waals surface area contributed by atoms with Crippen molar-refractivity contribution in [1.82, 2.24) is 0 Å². The second-order valence-electron chi connectivity index (χ2n) is 4.79. The number of nitro benzene ring substituents is 1. The maximum absolute atomic E-state index is 10.7. The van der Waals surface area contributed by atoms with E-state index >= 15 is 0 Å². The highest BCUT2D eigenvalue weighted by Gasteiger charge is 2.09. The molecule has 2 N–H and O–H groups in total. The smallest absolute Gasteiger partial charge is 0.269 e. The molecule has 0 atom stereocenters. The van der Waals surface area contributed by atoms with Crippen molar-refractivity contribution in [3.8, 4) is 5.75 Å². The molecule has 7 heteroatoms. The number of anilines is 2. The second-order valence-corrected chi connectivity index (χ2v) is 5.20. The molecule has 0 amide bonds. The first-order valence-corrected chi connectivity index (χ1v) is 7.46. The third kappa shape index (κ3) is 4.65. The zero-order valence-corrected chi connectivity index (χ0v) is 13.6. The lowest BCUT2D eigenvalue weighted by atomic mass is 10.2. The van der Waals surface area contributed by atoms with Crippen molar-refractivity contribution in [2.75, 3.05) is 17.2 Å². The molecule has 23 heavy (non-hydrogen) atoms. The Hall–Kier alpha value is -2.67. The summed E-state index contributed by atoms with van der Waals surface area (Å²) in [6.07, 6.45) is 0. The molecule has 0 bridgehead atoms. The van der Waals surface area contributed by atoms with E-state index in [9.17, 15) is 10.1 Å². The van der Waals surface area contributed by atoms with E-state index in [1.165, 1.54) is 12.1 Å². The molecule has 0 aromatic heterocycles. The lowest BCUT2D eigenvalue weighted by Gasteiger charge is -2.13. The summed E-state index contributed by atoms with van der Waals surface area (Å²) in [5.41, 5.74) is 2.35. The average Bonchev–Trinajstić information content (AvgIpc) is 2.51. The van der Waals surface area contributed by atoms with Gasteiger partial charge in [-0.3, -0.25) is 10.1 Å². The number of nitro groups is 1. The van der Waals surface area contributed by atoms with Gasteiger partial charge in [-0.15, -0.1) is 0 Å². The zero-order valence-electron chi connectivity index (χ0n) is 12.8. The first-order chi connectivity index (χ1) is 11.0. The molecule has 120 valence electrons. The van der Waals surface area contributed by atoms with E-state index in [1.54, 1.807) is 13.0 Å². The molecule has 2 aromatic carbocycles. The summed E-state index contributed by atoms with van der Waals surface area (Å²) in [5, 5.41) is 17.2. The summed E-state index contributed by atoms with van der Waals surface area (Å²) in [6, 6.07) is 12.0. The summed E-state index contributed by atoms with van der Waals surface area (Å²) >= 11 is 5.26. The monoisotopic (exact) mass is 331 g/mol. The number of ether oxygens (including phenoxy) is 1. The van der Waals surface area contributed by atoms with E-state index in [4.69, 9.17) is 17.0 Å². The highest BCUT2D eigenvalue weighted by molar-refractivity contribution is 7.80. The number of thiocarbonyl (C=S) groups is 1. The summed E-state index contributed by atoms with van der Waals surface area (Å²) < 4.78 is 5.38. The molecule has 0 fully saturated rings. The van der Waals surface area contributed by atoms with Crippen LogP contribution in [0.5, 0.6) is 5.75 Å². The fourth-order valence-electron chi connectivity index (χ4n) is 1.99. The molecular weight excluding hydrogens is 314 g/mol. The van der Waals surface area contributed by atoms with Gasteiger partial charge in [0.25, 0.3) is 5.69 Å². The van der Waals surface area contributed by atoms with Gasteiger partial charge in [0, 0.05) is 23.5 Å². The Morgan fingerprint density at radius 3 is 2.48 bits per heavy atom. The first kappa shape index (κ1) is 16.7. The number of non-ortho nitro benzene ring substituents is 1. The molecule has 2 aromatic rings. The van der Waals surface area contributed by atoms with E-state index in [-0.39, 0.29) is 5.69 Å². The minimum Gasteiger partial charge on any atom is -0.494 e. The number of hydrogen-bond donors (Lipinski definition) is 2. The number of nitrogens with one attached hydrogen (secondary N) is 2. The van der Waals surface area contributed by atoms with Crippen LogP contribution in [0.15, 0.2) is 42.5 Å². The van der Waals surface area contributed by atoms with Crippen LogP contribution in [0.25, 0.3) is 0 Å². The van der Waals surface area contributed by atoms with Crippen LogP contribution >= 0.6 is 12.2 Å². The maximum atomic E-state index is 10.7. The van der Waals surface area contributed by atoms with Crippen molar-refractivity contribution >= 4 is 34.4 Å². The normalized spacial score (nSPS) is 10.0. The van der Waals surface area contributed by atoms with Gasteiger partial charge in [0.1, 0.15) is 5.75 Å². The summed E-state index contributed by atoms with van der Waals surface area (Å²) in [6.45, 7) is 4.33. The van der Waals surface area contributed by atoms with Gasteiger partial charge in [0.05, 0.1) is 11.5 Å². The average molecular weight is 331 g/mol. The molecule has 0 heterocycles. The van der Waals surface area contributed by atoms with Crippen molar-refractivity contribution in [1.29, 1.82) is 0 Å². The second kappa shape index (κ2) is 7.55. The quantitative estimate of drug-likeness (QED) is 0.488. The minimum absolute atomic E-state index is 0.0541. The van der Waals surface area contributed by atoms with Crippen LogP contribution in [0.4, 0.5) is 17.1 Å². The molecule has 2 rings (SSSR count). The van der Waals surface area contributed by atoms with Crippen LogP contribution in [-0.2, 0) is 0 Å². The Labute approximate surface area is 139 Å². The molecule has 0 unspecified atom stereocenters. The lowest BCUT2D eigenvalue weighted by Crippen LogP contribution is -2.19. The maximum Gasteiger partial charge on any atom is 0.269 e. The molecule has 0 aliphatic rings. The first-order valence-electron chi connectivity index (χ1n) is 7.05. The molecule has 0 saturated carbocycles. The van der Waals surface area contributed by atoms with Gasteiger partial charge >= 0.3 is 0 Å². The van der Waals surface area contributed by atoms with Crippen LogP contribution in [0.2, 0.25) is 0 Å². The molecule has 0 spiro atoms. The van der Waals surface area contributed by atoms with E-state index in [0.717, 1.165) is 22.7 Å². The van der Waals surface area contributed by atoms with Gasteiger partial charge in [0.2, 0.25) is 0 Å². The number of aryl methyl sites for hydroxylation is 1. The third-order valence-corrected chi connectivity index (χ3v) is 3.30. The SMILES string of the molecule is CCOc1ccc(NC(=S)Nc2ccc([N+](=O)[O-])cc2C)cc1. The summed E-state index contributed by atoms with van der Waals surface area (Å²) in [4.78, 5) is 10.3. The van der Waals surface area contributed by atoms with Crippen LogP contribution in [0.1, 0.15) is 12.5 Å². The van der Waals surface area contributed by atoms with E-state index in [2.05, 4.69) is 10.6 Å². The highest BCUT2D eigenvalue weighted by Crippen LogP contribution is 2.22. The summed E-state index contributed by atoms with van der Waals surface area (Å²) in [5.74, 6) is 0.795. The lowest BCUT2D eigenvalue weighted by molar-refractivity contribution is -0.384. The highest BCUT2D eigenvalue weighted by atomic mass is 32.1. The Morgan fingerprint density at radius 1 is 1.22 bits per heavy atom. The fraction of sp³-hybridized carbons (Fsp3) is 0.188. The van der Waals surface area contributed by atoms with E-state index in [0.29, 0.717) is 11.7 Å². The predicted molar refractivity (Wildman–Crippen MR) is 95.3 cm³/mol. The van der Waals surface area contributed by atoms with Gasteiger partial charge in [-0.25, -0.2) is 0 Å². The van der Waals surface area contributed by atoms with E-state index in [1.807, 2.05) is 31.2 Å².